The molecule has 1 heterocycles. The summed E-state index contributed by atoms with van der Waals surface area (Å²) in [4.78, 5) is 32.2. The molecule has 1 aliphatic rings. The Hall–Kier alpha value is -4.63. The zero-order chi connectivity index (χ0) is 30.2. The molecule has 0 spiro atoms. The lowest BCUT2D eigenvalue weighted by molar-refractivity contribution is 0.0940. The second-order valence-corrected chi connectivity index (χ2v) is 11.2. The molecule has 9 heteroatoms. The first-order valence-corrected chi connectivity index (χ1v) is 15.5. The molecule has 1 unspecified atom stereocenters. The van der Waals surface area contributed by atoms with Gasteiger partial charge in [-0.05, 0) is 73.3 Å². The van der Waals surface area contributed by atoms with E-state index < -0.39 is 0 Å². The van der Waals surface area contributed by atoms with Crippen molar-refractivity contribution in [2.45, 2.75) is 17.9 Å². The lowest BCUT2D eigenvalue weighted by atomic mass is 10.1. The number of urea groups is 1. The van der Waals surface area contributed by atoms with Gasteiger partial charge in [-0.3, -0.25) is 4.79 Å². The number of para-hydroxylation sites is 2. The molecule has 1 aliphatic heterocycles. The lowest BCUT2D eigenvalue weighted by Gasteiger charge is -2.38. The van der Waals surface area contributed by atoms with Crippen LogP contribution in [0.5, 0.6) is 5.75 Å². The third-order valence-electron chi connectivity index (χ3n) is 7.54. The average Bonchev–Trinajstić information content (AvgIpc) is 3.05. The molecule has 4 aromatic rings. The minimum absolute atomic E-state index is 0.187. The third-order valence-corrected chi connectivity index (χ3v) is 8.28. The summed E-state index contributed by atoms with van der Waals surface area (Å²) in [5.41, 5.74) is 4.64. The maximum absolute atomic E-state index is 13.8. The molecule has 4 aromatic carbocycles. The Labute approximate surface area is 257 Å². The van der Waals surface area contributed by atoms with Gasteiger partial charge in [0.05, 0.1) is 24.4 Å². The van der Waals surface area contributed by atoms with Gasteiger partial charge in [0.1, 0.15) is 5.75 Å². The SMILES string of the molecule is COc1ccccc1N1CCN(c2ccc(NC(=O)Nc3ccc(SC)cc3)cc2C(=O)NC(C)c2ccccc2)CC1. The highest BCUT2D eigenvalue weighted by Crippen LogP contribution is 2.31. The van der Waals surface area contributed by atoms with E-state index in [1.807, 2.05) is 98.1 Å². The summed E-state index contributed by atoms with van der Waals surface area (Å²) in [6, 6.07) is 30.5. The van der Waals surface area contributed by atoms with Gasteiger partial charge in [0.15, 0.2) is 0 Å². The molecule has 0 saturated carbocycles. The molecule has 1 atom stereocenters. The molecule has 3 amide bonds. The standard InChI is InChI=1S/C34H37N5O3S/c1-24(25-9-5-4-6-10-25)35-33(40)29-23-27(37-34(41)36-26-13-16-28(43-3)17-14-26)15-18-30(29)38-19-21-39(22-20-38)31-11-7-8-12-32(31)42-2/h4-18,23-24H,19-22H2,1-3H3,(H,35,40)(H2,36,37,41). The molecule has 3 N–H and O–H groups in total. The van der Waals surface area contributed by atoms with Gasteiger partial charge in [-0.25, -0.2) is 4.79 Å². The van der Waals surface area contributed by atoms with Crippen molar-refractivity contribution in [2.24, 2.45) is 0 Å². The number of methoxy groups -OCH3 is 1. The van der Waals surface area contributed by atoms with Crippen molar-refractivity contribution in [2.75, 3.05) is 60.0 Å². The van der Waals surface area contributed by atoms with Gasteiger partial charge in [0, 0.05) is 48.1 Å². The van der Waals surface area contributed by atoms with Crippen LogP contribution in [0.2, 0.25) is 0 Å². The Bertz CT molecular complexity index is 1540. The second kappa shape index (κ2) is 14.0. The monoisotopic (exact) mass is 595 g/mol. The minimum Gasteiger partial charge on any atom is -0.495 e. The van der Waals surface area contributed by atoms with Crippen LogP contribution in [-0.2, 0) is 0 Å². The highest BCUT2D eigenvalue weighted by atomic mass is 32.2. The molecule has 1 fully saturated rings. The van der Waals surface area contributed by atoms with Crippen LogP contribution in [0.1, 0.15) is 28.9 Å². The van der Waals surface area contributed by atoms with Crippen LogP contribution in [0.15, 0.2) is 102 Å². The molecule has 222 valence electrons. The number of nitrogens with one attached hydrogen (secondary N) is 3. The van der Waals surface area contributed by atoms with Crippen LogP contribution in [0.4, 0.5) is 27.5 Å². The van der Waals surface area contributed by atoms with Crippen molar-refractivity contribution in [1.82, 2.24) is 5.32 Å². The summed E-state index contributed by atoms with van der Waals surface area (Å²) in [5, 5.41) is 8.91. The number of benzene rings is 4. The number of anilines is 4. The Morgan fingerprint density at radius 2 is 1.37 bits per heavy atom. The van der Waals surface area contributed by atoms with Gasteiger partial charge in [-0.2, -0.15) is 0 Å². The highest BCUT2D eigenvalue weighted by Gasteiger charge is 2.24. The van der Waals surface area contributed by atoms with Gasteiger partial charge >= 0.3 is 6.03 Å². The first kappa shape index (κ1) is 29.8. The Morgan fingerprint density at radius 3 is 2.05 bits per heavy atom. The number of thioether (sulfide) groups is 1. The van der Waals surface area contributed by atoms with Crippen molar-refractivity contribution < 1.29 is 14.3 Å². The minimum atomic E-state index is -0.376. The molecule has 43 heavy (non-hydrogen) atoms. The summed E-state index contributed by atoms with van der Waals surface area (Å²) in [5.74, 6) is 0.648. The fraction of sp³-hybridized carbons (Fsp3) is 0.235. The summed E-state index contributed by atoms with van der Waals surface area (Å²) in [6.45, 7) is 4.98. The molecule has 8 nitrogen and oxygen atoms in total. The van der Waals surface area contributed by atoms with Crippen LogP contribution in [-0.4, -0.2) is 51.5 Å². The largest absolute Gasteiger partial charge is 0.495 e. The third kappa shape index (κ3) is 7.42. The Kier molecular flexibility index (Phi) is 9.73. The molecule has 5 rings (SSSR count). The number of ether oxygens (including phenoxy) is 1. The maximum atomic E-state index is 13.8. The number of hydrogen-bond acceptors (Lipinski definition) is 6. The van der Waals surface area contributed by atoms with Gasteiger partial charge in [-0.1, -0.05) is 42.5 Å². The maximum Gasteiger partial charge on any atom is 0.323 e. The first-order chi connectivity index (χ1) is 20.9. The number of carbonyl (C=O) groups is 2. The van der Waals surface area contributed by atoms with E-state index in [0.29, 0.717) is 16.9 Å². The fourth-order valence-electron chi connectivity index (χ4n) is 5.22. The molecule has 0 bridgehead atoms. The van der Waals surface area contributed by atoms with E-state index in [4.69, 9.17) is 4.74 Å². The van der Waals surface area contributed by atoms with Crippen LogP contribution in [0.25, 0.3) is 0 Å². The fourth-order valence-corrected chi connectivity index (χ4v) is 5.63. The number of amides is 3. The number of carbonyl (C=O) groups excluding carboxylic acids is 2. The quantitative estimate of drug-likeness (QED) is 0.183. The normalized spacial score (nSPS) is 13.7. The number of hydrogen-bond donors (Lipinski definition) is 3. The predicted octanol–water partition coefficient (Wildman–Crippen LogP) is 6.88. The van der Waals surface area contributed by atoms with Crippen molar-refractivity contribution in [3.63, 3.8) is 0 Å². The van der Waals surface area contributed by atoms with E-state index in [2.05, 4.69) is 31.8 Å². The van der Waals surface area contributed by atoms with Gasteiger partial charge in [-0.15, -0.1) is 11.8 Å². The van der Waals surface area contributed by atoms with Crippen molar-refractivity contribution in [3.8, 4) is 5.75 Å². The van der Waals surface area contributed by atoms with E-state index in [0.717, 1.165) is 53.8 Å². The topological polar surface area (TPSA) is 85.9 Å². The number of nitrogens with zero attached hydrogens (tertiary/aromatic N) is 2. The summed E-state index contributed by atoms with van der Waals surface area (Å²) in [6.07, 6.45) is 2.01. The van der Waals surface area contributed by atoms with Crippen molar-refractivity contribution in [3.05, 3.63) is 108 Å². The summed E-state index contributed by atoms with van der Waals surface area (Å²) in [7, 11) is 1.69. The van der Waals surface area contributed by atoms with Crippen LogP contribution >= 0.6 is 11.8 Å². The van der Waals surface area contributed by atoms with Crippen LogP contribution < -0.4 is 30.5 Å². The summed E-state index contributed by atoms with van der Waals surface area (Å²) < 4.78 is 5.58. The van der Waals surface area contributed by atoms with E-state index >= 15 is 0 Å². The van der Waals surface area contributed by atoms with Crippen molar-refractivity contribution in [1.29, 1.82) is 0 Å². The molecular formula is C34H37N5O3S. The van der Waals surface area contributed by atoms with E-state index in [9.17, 15) is 9.59 Å². The predicted molar refractivity (Wildman–Crippen MR) is 177 cm³/mol. The number of rotatable bonds is 9. The number of piperazine rings is 1. The zero-order valence-corrected chi connectivity index (χ0v) is 25.5. The molecule has 1 saturated heterocycles. The van der Waals surface area contributed by atoms with Gasteiger partial charge < -0.3 is 30.5 Å². The van der Waals surface area contributed by atoms with E-state index in [-0.39, 0.29) is 18.0 Å². The molecule has 0 aliphatic carbocycles. The molecular weight excluding hydrogens is 558 g/mol. The smallest absolute Gasteiger partial charge is 0.323 e. The summed E-state index contributed by atoms with van der Waals surface area (Å²) >= 11 is 1.64. The second-order valence-electron chi connectivity index (χ2n) is 10.3. The van der Waals surface area contributed by atoms with Crippen LogP contribution in [0, 0.1) is 0 Å². The van der Waals surface area contributed by atoms with Gasteiger partial charge in [0.2, 0.25) is 0 Å². The molecule has 0 radical (unpaired) electrons. The zero-order valence-electron chi connectivity index (χ0n) is 24.7. The average molecular weight is 596 g/mol. The van der Waals surface area contributed by atoms with Crippen molar-refractivity contribution >= 4 is 46.4 Å². The Balaban J connectivity index is 1.35. The Morgan fingerprint density at radius 1 is 0.767 bits per heavy atom. The van der Waals surface area contributed by atoms with Crippen LogP contribution in [0.3, 0.4) is 0 Å². The lowest BCUT2D eigenvalue weighted by Crippen LogP contribution is -2.47. The van der Waals surface area contributed by atoms with Gasteiger partial charge in [0.25, 0.3) is 5.91 Å². The first-order valence-electron chi connectivity index (χ1n) is 14.3. The van der Waals surface area contributed by atoms with E-state index in [1.165, 1.54) is 0 Å². The van der Waals surface area contributed by atoms with E-state index in [1.54, 1.807) is 24.9 Å². The molecule has 0 aromatic heterocycles. The highest BCUT2D eigenvalue weighted by molar-refractivity contribution is 7.98.